The topological polar surface area (TPSA) is 58.5 Å². The molecule has 2 heterocycles. The Kier molecular flexibility index (Phi) is 3.05. The van der Waals surface area contributed by atoms with Crippen LogP contribution in [0.5, 0.6) is 0 Å². The van der Waals surface area contributed by atoms with E-state index in [2.05, 4.69) is 27.3 Å². The third-order valence-electron chi connectivity index (χ3n) is 2.81. The van der Waals surface area contributed by atoms with E-state index >= 15 is 0 Å². The number of hydrogen-bond acceptors (Lipinski definition) is 3. The van der Waals surface area contributed by atoms with Crippen molar-refractivity contribution in [2.45, 2.75) is 26.9 Å². The summed E-state index contributed by atoms with van der Waals surface area (Å²) in [4.78, 5) is 7.22. The summed E-state index contributed by atoms with van der Waals surface area (Å²) in [5, 5.41) is 7.73. The SMILES string of the molecule is Cc1nn(C)c(C)c1CNCc1ncc[nH]1. The van der Waals surface area contributed by atoms with Gasteiger partial charge in [0, 0.05) is 37.2 Å². The molecule has 0 fully saturated rings. The number of rotatable bonds is 4. The standard InChI is InChI=1S/C11H17N5/c1-8-10(9(2)16(3)15-8)6-12-7-11-13-4-5-14-11/h4-5,12H,6-7H2,1-3H3,(H,13,14). The van der Waals surface area contributed by atoms with E-state index < -0.39 is 0 Å². The Morgan fingerprint density at radius 2 is 2.19 bits per heavy atom. The van der Waals surface area contributed by atoms with Crippen molar-refractivity contribution in [1.82, 2.24) is 25.1 Å². The minimum Gasteiger partial charge on any atom is -0.348 e. The highest BCUT2D eigenvalue weighted by atomic mass is 15.3. The van der Waals surface area contributed by atoms with Crippen LogP contribution in [0.1, 0.15) is 22.8 Å². The molecule has 0 aliphatic rings. The molecule has 0 saturated carbocycles. The zero-order valence-electron chi connectivity index (χ0n) is 9.91. The van der Waals surface area contributed by atoms with Crippen molar-refractivity contribution in [2.24, 2.45) is 7.05 Å². The maximum atomic E-state index is 4.38. The Bertz CT molecular complexity index is 455. The summed E-state index contributed by atoms with van der Waals surface area (Å²) < 4.78 is 1.92. The zero-order valence-corrected chi connectivity index (χ0v) is 9.91. The van der Waals surface area contributed by atoms with Crippen molar-refractivity contribution in [3.63, 3.8) is 0 Å². The first-order valence-corrected chi connectivity index (χ1v) is 5.36. The molecule has 2 aromatic heterocycles. The third-order valence-corrected chi connectivity index (χ3v) is 2.81. The van der Waals surface area contributed by atoms with Crippen LogP contribution in [-0.2, 0) is 20.1 Å². The first-order chi connectivity index (χ1) is 7.68. The van der Waals surface area contributed by atoms with E-state index in [9.17, 15) is 0 Å². The zero-order chi connectivity index (χ0) is 11.5. The number of aromatic amines is 1. The largest absolute Gasteiger partial charge is 0.348 e. The maximum Gasteiger partial charge on any atom is 0.120 e. The van der Waals surface area contributed by atoms with Crippen LogP contribution >= 0.6 is 0 Å². The fourth-order valence-electron chi connectivity index (χ4n) is 1.77. The summed E-state index contributed by atoms with van der Waals surface area (Å²) in [5.41, 5.74) is 3.57. The van der Waals surface area contributed by atoms with Crippen LogP contribution in [0.3, 0.4) is 0 Å². The van der Waals surface area contributed by atoms with Crippen LogP contribution in [0.15, 0.2) is 12.4 Å². The first kappa shape index (κ1) is 10.9. The van der Waals surface area contributed by atoms with Gasteiger partial charge in [0.2, 0.25) is 0 Å². The van der Waals surface area contributed by atoms with Crippen molar-refractivity contribution >= 4 is 0 Å². The van der Waals surface area contributed by atoms with Gasteiger partial charge in [0.25, 0.3) is 0 Å². The van der Waals surface area contributed by atoms with Crippen LogP contribution < -0.4 is 5.32 Å². The van der Waals surface area contributed by atoms with Crippen LogP contribution in [0.25, 0.3) is 0 Å². The average molecular weight is 219 g/mol. The number of H-pyrrole nitrogens is 1. The Balaban J connectivity index is 1.95. The van der Waals surface area contributed by atoms with Gasteiger partial charge in [-0.2, -0.15) is 5.10 Å². The van der Waals surface area contributed by atoms with Gasteiger partial charge in [-0.05, 0) is 13.8 Å². The smallest absolute Gasteiger partial charge is 0.120 e. The molecule has 2 aromatic rings. The summed E-state index contributed by atoms with van der Waals surface area (Å²) in [6.07, 6.45) is 3.59. The number of nitrogens with one attached hydrogen (secondary N) is 2. The summed E-state index contributed by atoms with van der Waals surface area (Å²) in [6, 6.07) is 0. The quantitative estimate of drug-likeness (QED) is 0.808. The molecule has 0 aromatic carbocycles. The van der Waals surface area contributed by atoms with Gasteiger partial charge in [-0.25, -0.2) is 4.98 Å². The lowest BCUT2D eigenvalue weighted by Crippen LogP contribution is -2.14. The molecule has 2 rings (SSSR count). The second kappa shape index (κ2) is 4.49. The minimum atomic E-state index is 0.751. The van der Waals surface area contributed by atoms with Crippen LogP contribution in [0, 0.1) is 13.8 Å². The molecule has 16 heavy (non-hydrogen) atoms. The van der Waals surface area contributed by atoms with E-state index in [0.29, 0.717) is 0 Å². The molecule has 0 amide bonds. The minimum absolute atomic E-state index is 0.751. The highest BCUT2D eigenvalue weighted by molar-refractivity contribution is 5.23. The third kappa shape index (κ3) is 2.14. The molecule has 5 heteroatoms. The van der Waals surface area contributed by atoms with Crippen molar-refractivity contribution in [3.05, 3.63) is 35.2 Å². The molecule has 0 aliphatic carbocycles. The van der Waals surface area contributed by atoms with Gasteiger partial charge in [-0.15, -0.1) is 0 Å². The van der Waals surface area contributed by atoms with E-state index in [4.69, 9.17) is 0 Å². The number of aryl methyl sites for hydroxylation is 2. The summed E-state index contributed by atoms with van der Waals surface area (Å²) in [7, 11) is 1.97. The van der Waals surface area contributed by atoms with Gasteiger partial charge < -0.3 is 10.3 Å². The normalized spacial score (nSPS) is 10.9. The molecule has 2 N–H and O–H groups in total. The van der Waals surface area contributed by atoms with E-state index in [1.165, 1.54) is 11.3 Å². The van der Waals surface area contributed by atoms with Crippen LogP contribution in [-0.4, -0.2) is 19.7 Å². The Morgan fingerprint density at radius 3 is 2.75 bits per heavy atom. The number of aromatic nitrogens is 4. The highest BCUT2D eigenvalue weighted by Gasteiger charge is 2.08. The van der Waals surface area contributed by atoms with Crippen molar-refractivity contribution in [3.8, 4) is 0 Å². The first-order valence-electron chi connectivity index (χ1n) is 5.36. The molecule has 0 spiro atoms. The monoisotopic (exact) mass is 219 g/mol. The van der Waals surface area contributed by atoms with Crippen molar-refractivity contribution < 1.29 is 0 Å². The van der Waals surface area contributed by atoms with Gasteiger partial charge in [0.15, 0.2) is 0 Å². The van der Waals surface area contributed by atoms with E-state index in [1.807, 2.05) is 24.9 Å². The predicted molar refractivity (Wildman–Crippen MR) is 61.8 cm³/mol. The molecular weight excluding hydrogens is 202 g/mol. The van der Waals surface area contributed by atoms with Gasteiger partial charge in [0.05, 0.1) is 12.2 Å². The summed E-state index contributed by atoms with van der Waals surface area (Å²) in [6.45, 7) is 5.70. The molecule has 0 aliphatic heterocycles. The highest BCUT2D eigenvalue weighted by Crippen LogP contribution is 2.11. The van der Waals surface area contributed by atoms with Crippen LogP contribution in [0.2, 0.25) is 0 Å². The van der Waals surface area contributed by atoms with E-state index in [-0.39, 0.29) is 0 Å². The maximum absolute atomic E-state index is 4.38. The second-order valence-corrected chi connectivity index (χ2v) is 3.91. The average Bonchev–Trinajstić information content (AvgIpc) is 2.82. The predicted octanol–water partition coefficient (Wildman–Crippen LogP) is 1.05. The molecule has 0 bridgehead atoms. The lowest BCUT2D eigenvalue weighted by molar-refractivity contribution is 0.662. The molecule has 86 valence electrons. The number of nitrogens with zero attached hydrogens (tertiary/aromatic N) is 3. The Hall–Kier alpha value is -1.62. The number of hydrogen-bond donors (Lipinski definition) is 2. The molecule has 0 radical (unpaired) electrons. The molecular formula is C11H17N5. The van der Waals surface area contributed by atoms with Gasteiger partial charge >= 0.3 is 0 Å². The Morgan fingerprint density at radius 1 is 1.38 bits per heavy atom. The van der Waals surface area contributed by atoms with E-state index in [1.54, 1.807) is 6.20 Å². The van der Waals surface area contributed by atoms with Crippen LogP contribution in [0.4, 0.5) is 0 Å². The Labute approximate surface area is 94.9 Å². The second-order valence-electron chi connectivity index (χ2n) is 3.91. The van der Waals surface area contributed by atoms with E-state index in [0.717, 1.165) is 24.6 Å². The number of imidazole rings is 1. The van der Waals surface area contributed by atoms with Crippen molar-refractivity contribution in [2.75, 3.05) is 0 Å². The lowest BCUT2D eigenvalue weighted by Gasteiger charge is -2.03. The van der Waals surface area contributed by atoms with Gasteiger partial charge in [-0.3, -0.25) is 4.68 Å². The molecule has 0 unspecified atom stereocenters. The van der Waals surface area contributed by atoms with Gasteiger partial charge in [-0.1, -0.05) is 0 Å². The summed E-state index contributed by atoms with van der Waals surface area (Å²) in [5.74, 6) is 0.958. The molecule has 0 atom stereocenters. The molecule has 5 nitrogen and oxygen atoms in total. The van der Waals surface area contributed by atoms with Crippen molar-refractivity contribution in [1.29, 1.82) is 0 Å². The fraction of sp³-hybridized carbons (Fsp3) is 0.455. The van der Waals surface area contributed by atoms with Gasteiger partial charge in [0.1, 0.15) is 5.82 Å². The fourth-order valence-corrected chi connectivity index (χ4v) is 1.77. The summed E-state index contributed by atoms with van der Waals surface area (Å²) >= 11 is 0. The lowest BCUT2D eigenvalue weighted by atomic mass is 10.2. The molecule has 0 saturated heterocycles.